The Hall–Kier alpha value is -0.710. The zero-order valence-electron chi connectivity index (χ0n) is 7.65. The highest BCUT2D eigenvalue weighted by Crippen LogP contribution is 2.37. The Labute approximate surface area is 91.5 Å². The van der Waals surface area contributed by atoms with Gasteiger partial charge in [0.25, 0.3) is 0 Å². The molecule has 0 aliphatic rings. The molecular weight excluding hydrogens is 216 g/mol. The minimum absolute atomic E-state index is 0.0363. The zero-order chi connectivity index (χ0) is 10.1. The number of aliphatic hydroxyl groups excluding tert-OH is 1. The molecule has 2 aromatic rings. The largest absolute Gasteiger partial charge is 0.495 e. The lowest BCUT2D eigenvalue weighted by atomic mass is 10.1. The zero-order valence-corrected chi connectivity index (χ0v) is 9.36. The molecule has 1 N–H and O–H groups in total. The number of methoxy groups -OCH3 is 1. The highest BCUT2D eigenvalue weighted by Gasteiger charge is 2.10. The van der Waals surface area contributed by atoms with Crippen LogP contribution in [-0.4, -0.2) is 12.2 Å². The van der Waals surface area contributed by atoms with Gasteiger partial charge in [-0.3, -0.25) is 0 Å². The van der Waals surface area contributed by atoms with E-state index >= 15 is 0 Å². The molecule has 0 saturated carbocycles. The summed E-state index contributed by atoms with van der Waals surface area (Å²) >= 11 is 5.92. The molecule has 0 unspecified atom stereocenters. The number of fused-ring (bicyclic) bond motifs is 1. The van der Waals surface area contributed by atoms with Gasteiger partial charge in [0.05, 0.1) is 13.7 Å². The summed E-state index contributed by atoms with van der Waals surface area (Å²) in [5, 5.41) is 12.2. The summed E-state index contributed by atoms with van der Waals surface area (Å²) in [6.07, 6.45) is 0. The van der Waals surface area contributed by atoms with Gasteiger partial charge in [-0.2, -0.15) is 0 Å². The summed E-state index contributed by atoms with van der Waals surface area (Å²) in [5.74, 6) is 0.779. The Morgan fingerprint density at radius 2 is 2.36 bits per heavy atom. The average Bonchev–Trinajstić information content (AvgIpc) is 2.65. The SMILES string of the molecule is COc1c(S)cc(CO)c2sccc12. The molecule has 0 fully saturated rings. The summed E-state index contributed by atoms with van der Waals surface area (Å²) in [6, 6.07) is 3.83. The van der Waals surface area contributed by atoms with Gasteiger partial charge < -0.3 is 9.84 Å². The van der Waals surface area contributed by atoms with Crippen LogP contribution in [-0.2, 0) is 6.61 Å². The van der Waals surface area contributed by atoms with E-state index in [1.807, 2.05) is 17.5 Å². The third-order valence-electron chi connectivity index (χ3n) is 2.12. The van der Waals surface area contributed by atoms with Gasteiger partial charge in [-0.15, -0.1) is 24.0 Å². The van der Waals surface area contributed by atoms with Crippen molar-refractivity contribution in [3.8, 4) is 5.75 Å². The monoisotopic (exact) mass is 226 g/mol. The molecular formula is C10H10O2S2. The molecule has 1 aromatic carbocycles. The highest BCUT2D eigenvalue weighted by atomic mass is 32.1. The predicted molar refractivity (Wildman–Crippen MR) is 61.6 cm³/mol. The topological polar surface area (TPSA) is 29.5 Å². The van der Waals surface area contributed by atoms with Crippen molar-refractivity contribution in [1.82, 2.24) is 0 Å². The Morgan fingerprint density at radius 1 is 1.57 bits per heavy atom. The molecule has 1 heterocycles. The van der Waals surface area contributed by atoms with Crippen LogP contribution in [0, 0.1) is 0 Å². The van der Waals surface area contributed by atoms with Crippen molar-refractivity contribution >= 4 is 34.1 Å². The summed E-state index contributed by atoms with van der Waals surface area (Å²) in [4.78, 5) is 0.766. The second kappa shape index (κ2) is 3.81. The number of benzene rings is 1. The lowest BCUT2D eigenvalue weighted by Gasteiger charge is -2.08. The predicted octanol–water partition coefficient (Wildman–Crippen LogP) is 2.69. The third kappa shape index (κ3) is 1.39. The number of thiophene rings is 1. The molecule has 0 spiro atoms. The van der Waals surface area contributed by atoms with E-state index in [1.165, 1.54) is 0 Å². The van der Waals surface area contributed by atoms with Gasteiger partial charge in [-0.1, -0.05) is 0 Å². The van der Waals surface area contributed by atoms with Crippen molar-refractivity contribution in [3.05, 3.63) is 23.1 Å². The van der Waals surface area contributed by atoms with Crippen LogP contribution < -0.4 is 4.74 Å². The fourth-order valence-corrected chi connectivity index (χ4v) is 2.77. The van der Waals surface area contributed by atoms with E-state index in [2.05, 4.69) is 12.6 Å². The summed E-state index contributed by atoms with van der Waals surface area (Å²) in [5.41, 5.74) is 0.904. The van der Waals surface area contributed by atoms with Crippen molar-refractivity contribution in [3.63, 3.8) is 0 Å². The summed E-state index contributed by atoms with van der Waals surface area (Å²) in [7, 11) is 1.63. The van der Waals surface area contributed by atoms with Gasteiger partial charge in [-0.05, 0) is 23.1 Å². The number of ether oxygens (including phenoxy) is 1. The maximum atomic E-state index is 9.17. The van der Waals surface area contributed by atoms with Gasteiger partial charge in [0.15, 0.2) is 0 Å². The van der Waals surface area contributed by atoms with Gasteiger partial charge in [0, 0.05) is 15.0 Å². The standard InChI is InChI=1S/C10H10O2S2/c1-12-9-7-2-3-14-10(7)6(5-11)4-8(9)13/h2-4,11,13H,5H2,1H3. The Bertz CT molecular complexity index is 462. The Balaban J connectivity index is 2.81. The van der Waals surface area contributed by atoms with Gasteiger partial charge in [0.1, 0.15) is 5.75 Å². The summed E-state index contributed by atoms with van der Waals surface area (Å²) in [6.45, 7) is 0.0363. The van der Waals surface area contributed by atoms with Crippen LogP contribution in [0.25, 0.3) is 10.1 Å². The minimum Gasteiger partial charge on any atom is -0.495 e. The average molecular weight is 226 g/mol. The first kappa shape index (κ1) is 9.83. The lowest BCUT2D eigenvalue weighted by Crippen LogP contribution is -1.89. The van der Waals surface area contributed by atoms with Crippen LogP contribution in [0.5, 0.6) is 5.75 Å². The van der Waals surface area contributed by atoms with E-state index in [-0.39, 0.29) is 6.61 Å². The minimum atomic E-state index is 0.0363. The van der Waals surface area contributed by atoms with Crippen molar-refractivity contribution < 1.29 is 9.84 Å². The number of aliphatic hydroxyl groups is 1. The third-order valence-corrected chi connectivity index (χ3v) is 3.44. The molecule has 0 aliphatic heterocycles. The molecule has 14 heavy (non-hydrogen) atoms. The second-order valence-electron chi connectivity index (χ2n) is 2.91. The van der Waals surface area contributed by atoms with Crippen LogP contribution in [0.4, 0.5) is 0 Å². The first-order valence-corrected chi connectivity index (χ1v) is 5.47. The molecule has 0 saturated heterocycles. The summed E-state index contributed by atoms with van der Waals surface area (Å²) < 4.78 is 6.34. The van der Waals surface area contributed by atoms with Gasteiger partial charge in [0.2, 0.25) is 0 Å². The quantitative estimate of drug-likeness (QED) is 0.771. The second-order valence-corrected chi connectivity index (χ2v) is 4.31. The maximum Gasteiger partial charge on any atom is 0.140 e. The van der Waals surface area contributed by atoms with Crippen molar-refractivity contribution in [1.29, 1.82) is 0 Å². The van der Waals surface area contributed by atoms with E-state index < -0.39 is 0 Å². The van der Waals surface area contributed by atoms with Crippen LogP contribution in [0.2, 0.25) is 0 Å². The van der Waals surface area contributed by atoms with E-state index in [0.717, 1.165) is 26.3 Å². The van der Waals surface area contributed by atoms with E-state index in [0.29, 0.717) is 0 Å². The number of thiol groups is 1. The van der Waals surface area contributed by atoms with Crippen LogP contribution in [0.3, 0.4) is 0 Å². The molecule has 2 nitrogen and oxygen atoms in total. The van der Waals surface area contributed by atoms with Gasteiger partial charge >= 0.3 is 0 Å². The Morgan fingerprint density at radius 3 is 3.00 bits per heavy atom. The Kier molecular flexibility index (Phi) is 2.67. The molecule has 1 aromatic heterocycles. The molecule has 4 heteroatoms. The number of rotatable bonds is 2. The number of hydrogen-bond donors (Lipinski definition) is 2. The van der Waals surface area contributed by atoms with Crippen molar-refractivity contribution in [2.45, 2.75) is 11.5 Å². The molecule has 74 valence electrons. The van der Waals surface area contributed by atoms with Crippen molar-refractivity contribution in [2.75, 3.05) is 7.11 Å². The maximum absolute atomic E-state index is 9.17. The first-order chi connectivity index (χ1) is 6.77. The van der Waals surface area contributed by atoms with Gasteiger partial charge in [-0.25, -0.2) is 0 Å². The van der Waals surface area contributed by atoms with Crippen LogP contribution in [0.1, 0.15) is 5.56 Å². The lowest BCUT2D eigenvalue weighted by molar-refractivity contribution is 0.283. The fraction of sp³-hybridized carbons (Fsp3) is 0.200. The van der Waals surface area contributed by atoms with Crippen LogP contribution >= 0.6 is 24.0 Å². The van der Waals surface area contributed by atoms with Crippen LogP contribution in [0.15, 0.2) is 22.4 Å². The number of hydrogen-bond acceptors (Lipinski definition) is 4. The molecule has 2 rings (SSSR count). The first-order valence-electron chi connectivity index (χ1n) is 4.14. The molecule has 0 atom stereocenters. The normalized spacial score (nSPS) is 10.8. The molecule has 0 bridgehead atoms. The van der Waals surface area contributed by atoms with E-state index in [4.69, 9.17) is 4.74 Å². The fourth-order valence-electron chi connectivity index (χ4n) is 1.50. The molecule has 0 amide bonds. The molecule has 0 aliphatic carbocycles. The highest BCUT2D eigenvalue weighted by molar-refractivity contribution is 7.80. The smallest absolute Gasteiger partial charge is 0.140 e. The van der Waals surface area contributed by atoms with E-state index in [9.17, 15) is 5.11 Å². The molecule has 0 radical (unpaired) electrons. The van der Waals surface area contributed by atoms with Crippen molar-refractivity contribution in [2.24, 2.45) is 0 Å². The van der Waals surface area contributed by atoms with E-state index in [1.54, 1.807) is 18.4 Å².